The molecule has 1 N–H and O–H groups in total. The summed E-state index contributed by atoms with van der Waals surface area (Å²) in [5.41, 5.74) is 0.964. The minimum Gasteiger partial charge on any atom is -0.491 e. The molecule has 172 valence electrons. The van der Waals surface area contributed by atoms with Crippen LogP contribution < -0.4 is 10.1 Å². The summed E-state index contributed by atoms with van der Waals surface area (Å²) < 4.78 is 11.7. The van der Waals surface area contributed by atoms with E-state index in [1.54, 1.807) is 44.2 Å². The molecule has 31 heavy (non-hydrogen) atoms. The van der Waals surface area contributed by atoms with Crippen molar-refractivity contribution in [2.45, 2.75) is 52.7 Å². The molecule has 3 amide bonds. The van der Waals surface area contributed by atoms with Gasteiger partial charge in [0.1, 0.15) is 12.4 Å². The van der Waals surface area contributed by atoms with Crippen LogP contribution >= 0.6 is 0 Å². The van der Waals surface area contributed by atoms with Crippen molar-refractivity contribution in [2.75, 3.05) is 39.2 Å². The first-order chi connectivity index (χ1) is 14.7. The zero-order chi connectivity index (χ0) is 23.1. The maximum absolute atomic E-state index is 13.1. The smallest absolute Gasteiger partial charge is 0.257 e. The molecular formula is C23H35N3O5. The predicted molar refractivity (Wildman–Crippen MR) is 119 cm³/mol. The molecular weight excluding hydrogens is 398 g/mol. The second-order valence-corrected chi connectivity index (χ2v) is 8.11. The Labute approximate surface area is 184 Å². The molecule has 8 nitrogen and oxygen atoms in total. The molecule has 0 saturated heterocycles. The number of ether oxygens (including phenoxy) is 2. The van der Waals surface area contributed by atoms with E-state index in [1.807, 2.05) is 25.7 Å². The predicted octanol–water partition coefficient (Wildman–Crippen LogP) is 2.78. The molecule has 8 heteroatoms. The molecule has 0 fully saturated rings. The van der Waals surface area contributed by atoms with Crippen molar-refractivity contribution < 1.29 is 23.9 Å². The van der Waals surface area contributed by atoms with E-state index in [-0.39, 0.29) is 42.4 Å². The van der Waals surface area contributed by atoms with Gasteiger partial charge in [0.05, 0.1) is 17.7 Å². The summed E-state index contributed by atoms with van der Waals surface area (Å²) in [6.45, 7) is 8.69. The second-order valence-electron chi connectivity index (χ2n) is 8.11. The first kappa shape index (κ1) is 24.7. The SMILES string of the molecule is CCC(=O)Nc1ccc2c(c1)OC[C@@H](C)N(C(=O)CC)C[C@H](C)[C@@H](OC)CN(C)C2=O. The van der Waals surface area contributed by atoms with Gasteiger partial charge in [-0.3, -0.25) is 14.4 Å². The van der Waals surface area contributed by atoms with Crippen LogP contribution in [0.15, 0.2) is 18.2 Å². The van der Waals surface area contributed by atoms with Crippen molar-refractivity contribution >= 4 is 23.4 Å². The number of carbonyl (C=O) groups is 3. The molecule has 0 bridgehead atoms. The van der Waals surface area contributed by atoms with Crippen LogP contribution in [-0.2, 0) is 14.3 Å². The zero-order valence-electron chi connectivity index (χ0n) is 19.4. The first-order valence-corrected chi connectivity index (χ1v) is 10.9. The van der Waals surface area contributed by atoms with Gasteiger partial charge in [-0.05, 0) is 19.1 Å². The van der Waals surface area contributed by atoms with Gasteiger partial charge in [-0.2, -0.15) is 0 Å². The van der Waals surface area contributed by atoms with Gasteiger partial charge in [0, 0.05) is 57.8 Å². The minimum atomic E-state index is -0.222. The average Bonchev–Trinajstić information content (AvgIpc) is 2.77. The van der Waals surface area contributed by atoms with E-state index >= 15 is 0 Å². The van der Waals surface area contributed by atoms with Crippen LogP contribution in [0.5, 0.6) is 5.75 Å². The zero-order valence-corrected chi connectivity index (χ0v) is 19.4. The maximum Gasteiger partial charge on any atom is 0.257 e. The van der Waals surface area contributed by atoms with Crippen molar-refractivity contribution in [3.8, 4) is 5.75 Å². The number of likely N-dealkylation sites (N-methyl/N-ethyl adjacent to an activating group) is 1. The minimum absolute atomic E-state index is 0.0312. The average molecular weight is 434 g/mol. The molecule has 1 aliphatic rings. The van der Waals surface area contributed by atoms with Gasteiger partial charge in [-0.25, -0.2) is 0 Å². The molecule has 3 atom stereocenters. The normalized spacial score (nSPS) is 22.6. The monoisotopic (exact) mass is 433 g/mol. The fourth-order valence-electron chi connectivity index (χ4n) is 3.65. The topological polar surface area (TPSA) is 88.2 Å². The Hall–Kier alpha value is -2.61. The van der Waals surface area contributed by atoms with Crippen LogP contribution in [0.3, 0.4) is 0 Å². The van der Waals surface area contributed by atoms with Crippen LogP contribution in [0.1, 0.15) is 50.9 Å². The number of rotatable bonds is 4. The largest absolute Gasteiger partial charge is 0.491 e. The Morgan fingerprint density at radius 3 is 2.52 bits per heavy atom. The summed E-state index contributed by atoms with van der Waals surface area (Å²) >= 11 is 0. The lowest BCUT2D eigenvalue weighted by atomic mass is 10.0. The van der Waals surface area contributed by atoms with E-state index in [1.165, 1.54) is 0 Å². The number of hydrogen-bond acceptors (Lipinski definition) is 5. The van der Waals surface area contributed by atoms with Gasteiger partial charge in [-0.1, -0.05) is 20.8 Å². The molecule has 0 radical (unpaired) electrons. The highest BCUT2D eigenvalue weighted by molar-refractivity contribution is 5.98. The summed E-state index contributed by atoms with van der Waals surface area (Å²) in [6.07, 6.45) is 0.526. The lowest BCUT2D eigenvalue weighted by Crippen LogP contribution is -2.48. The van der Waals surface area contributed by atoms with Gasteiger partial charge in [0.25, 0.3) is 5.91 Å². The Kier molecular flexibility index (Phi) is 8.86. The van der Waals surface area contributed by atoms with Crippen LogP contribution in [-0.4, -0.2) is 73.5 Å². The third-order valence-electron chi connectivity index (χ3n) is 5.67. The van der Waals surface area contributed by atoms with Gasteiger partial charge < -0.3 is 24.6 Å². The van der Waals surface area contributed by atoms with E-state index in [4.69, 9.17) is 9.47 Å². The van der Waals surface area contributed by atoms with Crippen molar-refractivity contribution in [1.29, 1.82) is 0 Å². The number of fused-ring (bicyclic) bond motifs is 1. The van der Waals surface area contributed by atoms with Crippen LogP contribution in [0, 0.1) is 5.92 Å². The number of anilines is 1. The van der Waals surface area contributed by atoms with E-state index < -0.39 is 0 Å². The van der Waals surface area contributed by atoms with Gasteiger partial charge in [-0.15, -0.1) is 0 Å². The second kappa shape index (κ2) is 11.1. The maximum atomic E-state index is 13.1. The van der Waals surface area contributed by atoms with Crippen LogP contribution in [0.2, 0.25) is 0 Å². The van der Waals surface area contributed by atoms with Crippen molar-refractivity contribution in [1.82, 2.24) is 9.80 Å². The van der Waals surface area contributed by atoms with Crippen LogP contribution in [0.4, 0.5) is 5.69 Å². The summed E-state index contributed by atoms with van der Waals surface area (Å²) in [6, 6.07) is 4.83. The summed E-state index contributed by atoms with van der Waals surface area (Å²) in [5.74, 6) is 0.144. The Morgan fingerprint density at radius 1 is 1.19 bits per heavy atom. The molecule has 1 aromatic carbocycles. The van der Waals surface area contributed by atoms with Crippen molar-refractivity contribution in [3.63, 3.8) is 0 Å². The summed E-state index contributed by atoms with van der Waals surface area (Å²) in [7, 11) is 3.35. The highest BCUT2D eigenvalue weighted by Gasteiger charge is 2.29. The van der Waals surface area contributed by atoms with Gasteiger partial charge in [0.2, 0.25) is 11.8 Å². The number of benzene rings is 1. The number of hydrogen-bond donors (Lipinski definition) is 1. The van der Waals surface area contributed by atoms with E-state index in [2.05, 4.69) is 5.32 Å². The van der Waals surface area contributed by atoms with E-state index in [9.17, 15) is 14.4 Å². The highest BCUT2D eigenvalue weighted by atomic mass is 16.5. The molecule has 1 heterocycles. The molecule has 0 aromatic heterocycles. The summed E-state index contributed by atoms with van der Waals surface area (Å²) in [4.78, 5) is 41.0. The lowest BCUT2D eigenvalue weighted by Gasteiger charge is -2.36. The third kappa shape index (κ3) is 6.19. The number of amides is 3. The number of nitrogens with one attached hydrogen (secondary N) is 1. The molecule has 0 spiro atoms. The fourth-order valence-corrected chi connectivity index (χ4v) is 3.65. The standard InChI is InChI=1S/C23H35N3O5/c1-7-21(27)24-17-9-10-18-19(11-17)31-14-16(4)26(22(28)8-2)12-15(3)20(30-6)13-25(5)23(18)29/h9-11,15-16,20H,7-8,12-14H2,1-6H3,(H,24,27)/t15-,16+,20-/m0/s1. The highest BCUT2D eigenvalue weighted by Crippen LogP contribution is 2.27. The number of methoxy groups -OCH3 is 1. The summed E-state index contributed by atoms with van der Waals surface area (Å²) in [5, 5.41) is 2.80. The first-order valence-electron chi connectivity index (χ1n) is 10.9. The van der Waals surface area contributed by atoms with E-state index in [0.717, 1.165) is 0 Å². The molecule has 0 saturated carbocycles. The Bertz CT molecular complexity index is 797. The molecule has 0 aliphatic carbocycles. The Balaban J connectivity index is 2.45. The van der Waals surface area contributed by atoms with Gasteiger partial charge >= 0.3 is 0 Å². The Morgan fingerprint density at radius 2 is 1.90 bits per heavy atom. The van der Waals surface area contributed by atoms with Gasteiger partial charge in [0.15, 0.2) is 0 Å². The third-order valence-corrected chi connectivity index (χ3v) is 5.67. The number of carbonyl (C=O) groups excluding carboxylic acids is 3. The lowest BCUT2D eigenvalue weighted by molar-refractivity contribution is -0.135. The van der Waals surface area contributed by atoms with Crippen LogP contribution in [0.25, 0.3) is 0 Å². The van der Waals surface area contributed by atoms with E-state index in [0.29, 0.717) is 42.9 Å². The molecule has 2 rings (SSSR count). The quantitative estimate of drug-likeness (QED) is 0.789. The fraction of sp³-hybridized carbons (Fsp3) is 0.609. The van der Waals surface area contributed by atoms with Crippen molar-refractivity contribution in [3.05, 3.63) is 23.8 Å². The van der Waals surface area contributed by atoms with Crippen molar-refractivity contribution in [2.24, 2.45) is 5.92 Å². The molecule has 0 unspecified atom stereocenters. The number of nitrogens with zero attached hydrogens (tertiary/aromatic N) is 2. The molecule has 1 aromatic rings. The molecule has 1 aliphatic heterocycles.